The van der Waals surface area contributed by atoms with Crippen molar-refractivity contribution in [3.8, 4) is 17.5 Å². The van der Waals surface area contributed by atoms with Gasteiger partial charge in [-0.1, -0.05) is 23.9 Å². The van der Waals surface area contributed by atoms with Crippen molar-refractivity contribution in [2.75, 3.05) is 17.2 Å². The molecule has 0 aliphatic rings. The second kappa shape index (κ2) is 10.5. The fourth-order valence-electron chi connectivity index (χ4n) is 3.27. The van der Waals surface area contributed by atoms with Crippen LogP contribution in [0.3, 0.4) is 0 Å². The summed E-state index contributed by atoms with van der Waals surface area (Å²) in [4.78, 5) is 18.8. The Labute approximate surface area is 186 Å². The Morgan fingerprint density at radius 1 is 1.23 bits per heavy atom. The molecule has 2 aromatic heterocycles. The van der Waals surface area contributed by atoms with E-state index in [-0.39, 0.29) is 18.1 Å². The molecule has 158 valence electrons. The zero-order valence-electron chi connectivity index (χ0n) is 17.7. The number of carbonyl (C=O) groups is 1. The lowest BCUT2D eigenvalue weighted by atomic mass is 10.1. The van der Waals surface area contributed by atoms with Crippen LogP contribution < -0.4 is 4.90 Å². The molecule has 0 atom stereocenters. The van der Waals surface area contributed by atoms with Gasteiger partial charge in [0.25, 0.3) is 0 Å². The SMILES string of the molecule is C=CCn1c(SCC(=O)N(CCC#N)c2cc(C)cc(C)c2)nnc1-c1ccncc1. The number of carbonyl (C=O) groups excluding carboxylic acids is 1. The summed E-state index contributed by atoms with van der Waals surface area (Å²) in [7, 11) is 0. The number of benzene rings is 1. The molecule has 1 aromatic carbocycles. The van der Waals surface area contributed by atoms with Gasteiger partial charge in [-0.3, -0.25) is 14.3 Å². The summed E-state index contributed by atoms with van der Waals surface area (Å²) in [5.74, 6) is 0.807. The second-order valence-electron chi connectivity index (χ2n) is 7.03. The molecule has 0 saturated heterocycles. The number of thioether (sulfide) groups is 1. The van der Waals surface area contributed by atoms with Crippen LogP contribution in [0.2, 0.25) is 0 Å². The number of amides is 1. The lowest BCUT2D eigenvalue weighted by molar-refractivity contribution is -0.116. The maximum absolute atomic E-state index is 13.1. The van der Waals surface area contributed by atoms with Gasteiger partial charge in [0.15, 0.2) is 11.0 Å². The van der Waals surface area contributed by atoms with Crippen molar-refractivity contribution in [3.63, 3.8) is 0 Å². The van der Waals surface area contributed by atoms with Gasteiger partial charge in [-0.25, -0.2) is 0 Å². The highest BCUT2D eigenvalue weighted by Crippen LogP contribution is 2.25. The van der Waals surface area contributed by atoms with Gasteiger partial charge in [0.05, 0.1) is 18.2 Å². The topological polar surface area (TPSA) is 87.7 Å². The third-order valence-electron chi connectivity index (χ3n) is 4.56. The molecule has 2 heterocycles. The van der Waals surface area contributed by atoms with Gasteiger partial charge in [-0.05, 0) is 49.2 Å². The van der Waals surface area contributed by atoms with E-state index >= 15 is 0 Å². The molecule has 31 heavy (non-hydrogen) atoms. The van der Waals surface area contributed by atoms with E-state index in [1.165, 1.54) is 11.8 Å². The van der Waals surface area contributed by atoms with E-state index < -0.39 is 0 Å². The highest BCUT2D eigenvalue weighted by Gasteiger charge is 2.19. The molecule has 0 fully saturated rings. The molecule has 0 saturated carbocycles. The van der Waals surface area contributed by atoms with E-state index in [0.717, 1.165) is 22.4 Å². The van der Waals surface area contributed by atoms with Crippen LogP contribution in [0.1, 0.15) is 17.5 Å². The Morgan fingerprint density at radius 2 is 1.94 bits per heavy atom. The molecule has 1 amide bonds. The maximum Gasteiger partial charge on any atom is 0.237 e. The predicted octanol–water partition coefficient (Wildman–Crippen LogP) is 4.18. The molecule has 3 aromatic rings. The summed E-state index contributed by atoms with van der Waals surface area (Å²) in [5.41, 5.74) is 3.85. The zero-order valence-corrected chi connectivity index (χ0v) is 18.5. The summed E-state index contributed by atoms with van der Waals surface area (Å²) < 4.78 is 1.93. The van der Waals surface area contributed by atoms with Gasteiger partial charge in [0.1, 0.15) is 0 Å². The van der Waals surface area contributed by atoms with Crippen LogP contribution in [0.25, 0.3) is 11.4 Å². The van der Waals surface area contributed by atoms with Gasteiger partial charge >= 0.3 is 0 Å². The van der Waals surface area contributed by atoms with Gasteiger partial charge in [-0.2, -0.15) is 5.26 Å². The maximum atomic E-state index is 13.1. The average Bonchev–Trinajstić information content (AvgIpc) is 3.15. The summed E-state index contributed by atoms with van der Waals surface area (Å²) in [6.45, 7) is 8.69. The van der Waals surface area contributed by atoms with Gasteiger partial charge in [0.2, 0.25) is 5.91 Å². The molecule has 3 rings (SSSR count). The van der Waals surface area contributed by atoms with E-state index in [2.05, 4.69) is 33.9 Å². The first-order chi connectivity index (χ1) is 15.0. The standard InChI is InChI=1S/C23H24N6OS/c1-4-11-29-22(19-6-9-25-10-7-19)26-27-23(29)31-16-21(30)28(12-5-8-24)20-14-17(2)13-18(3)15-20/h4,6-7,9-10,13-15H,1,5,11-12,16H2,2-3H3. The smallest absolute Gasteiger partial charge is 0.237 e. The average molecular weight is 433 g/mol. The lowest BCUT2D eigenvalue weighted by Gasteiger charge is -2.22. The van der Waals surface area contributed by atoms with Crippen LogP contribution in [-0.2, 0) is 11.3 Å². The first-order valence-electron chi connectivity index (χ1n) is 9.86. The number of rotatable bonds is 9. The first kappa shape index (κ1) is 22.2. The largest absolute Gasteiger partial charge is 0.311 e. The molecule has 0 aliphatic carbocycles. The monoisotopic (exact) mass is 432 g/mol. The fourth-order valence-corrected chi connectivity index (χ4v) is 4.10. The number of aryl methyl sites for hydroxylation is 2. The van der Waals surface area contributed by atoms with Gasteiger partial charge in [0, 0.05) is 36.7 Å². The number of pyridine rings is 1. The van der Waals surface area contributed by atoms with Crippen molar-refractivity contribution >= 4 is 23.4 Å². The molecule has 0 N–H and O–H groups in total. The number of allylic oxidation sites excluding steroid dienone is 1. The fraction of sp³-hybridized carbons (Fsp3) is 0.261. The minimum absolute atomic E-state index is 0.0798. The Morgan fingerprint density at radius 3 is 2.58 bits per heavy atom. The Hall–Kier alpha value is -3.44. The minimum Gasteiger partial charge on any atom is -0.311 e. The third-order valence-corrected chi connectivity index (χ3v) is 5.51. The molecule has 0 unspecified atom stereocenters. The van der Waals surface area contributed by atoms with Crippen molar-refractivity contribution in [1.29, 1.82) is 5.26 Å². The summed E-state index contributed by atoms with van der Waals surface area (Å²) in [6.07, 6.45) is 5.45. The predicted molar refractivity (Wildman–Crippen MR) is 123 cm³/mol. The van der Waals surface area contributed by atoms with Crippen LogP contribution >= 0.6 is 11.8 Å². The summed E-state index contributed by atoms with van der Waals surface area (Å²) >= 11 is 1.33. The van der Waals surface area contributed by atoms with E-state index in [9.17, 15) is 4.79 Å². The number of hydrogen-bond donors (Lipinski definition) is 0. The van der Waals surface area contributed by atoms with E-state index in [4.69, 9.17) is 5.26 Å². The second-order valence-corrected chi connectivity index (χ2v) is 7.97. The Balaban J connectivity index is 1.81. The van der Waals surface area contributed by atoms with Crippen LogP contribution in [0.15, 0.2) is 60.5 Å². The number of anilines is 1. The number of nitriles is 1. The molecule has 7 nitrogen and oxygen atoms in total. The molecular formula is C23H24N6OS. The van der Waals surface area contributed by atoms with Crippen LogP contribution in [0.5, 0.6) is 0 Å². The van der Waals surface area contributed by atoms with Crippen LogP contribution in [-0.4, -0.2) is 38.0 Å². The molecular weight excluding hydrogens is 408 g/mol. The van der Waals surface area contributed by atoms with E-state index in [1.54, 1.807) is 23.4 Å². The van der Waals surface area contributed by atoms with Crippen molar-refractivity contribution in [3.05, 3.63) is 66.5 Å². The van der Waals surface area contributed by atoms with Crippen LogP contribution in [0, 0.1) is 25.2 Å². The summed E-state index contributed by atoms with van der Waals surface area (Å²) in [6, 6.07) is 11.9. The molecule has 0 aliphatic heterocycles. The summed E-state index contributed by atoms with van der Waals surface area (Å²) in [5, 5.41) is 18.3. The van der Waals surface area contributed by atoms with E-state index in [1.807, 2.05) is 42.7 Å². The van der Waals surface area contributed by atoms with Crippen molar-refractivity contribution in [2.24, 2.45) is 0 Å². The Kier molecular flexibility index (Phi) is 7.57. The highest BCUT2D eigenvalue weighted by molar-refractivity contribution is 7.99. The molecule has 8 heteroatoms. The number of aromatic nitrogens is 4. The first-order valence-corrected chi connectivity index (χ1v) is 10.8. The lowest BCUT2D eigenvalue weighted by Crippen LogP contribution is -2.33. The molecule has 0 bridgehead atoms. The highest BCUT2D eigenvalue weighted by atomic mass is 32.2. The van der Waals surface area contributed by atoms with Crippen molar-refractivity contribution in [2.45, 2.75) is 32.0 Å². The van der Waals surface area contributed by atoms with Crippen LogP contribution in [0.4, 0.5) is 5.69 Å². The van der Waals surface area contributed by atoms with E-state index in [0.29, 0.717) is 24.1 Å². The number of hydrogen-bond acceptors (Lipinski definition) is 6. The van der Waals surface area contributed by atoms with Crippen molar-refractivity contribution < 1.29 is 4.79 Å². The third kappa shape index (κ3) is 5.58. The molecule has 0 radical (unpaired) electrons. The van der Waals surface area contributed by atoms with Gasteiger partial charge in [-0.15, -0.1) is 16.8 Å². The zero-order chi connectivity index (χ0) is 22.2. The normalized spacial score (nSPS) is 10.5. The quantitative estimate of drug-likeness (QED) is 0.372. The minimum atomic E-state index is -0.0798. The van der Waals surface area contributed by atoms with Crippen molar-refractivity contribution in [1.82, 2.24) is 19.7 Å². The van der Waals surface area contributed by atoms with Gasteiger partial charge < -0.3 is 4.90 Å². The Bertz CT molecular complexity index is 1080. The molecule has 0 spiro atoms. The number of nitrogens with zero attached hydrogens (tertiary/aromatic N) is 6.